The van der Waals surface area contributed by atoms with Gasteiger partial charge in [0.05, 0.1) is 3.79 Å². The Morgan fingerprint density at radius 1 is 0.952 bits per heavy atom. The number of para-hydroxylation sites is 1. The van der Waals surface area contributed by atoms with Crippen molar-refractivity contribution in [1.29, 1.82) is 0 Å². The van der Waals surface area contributed by atoms with E-state index >= 15 is 0 Å². The SMILES string of the molecule is Brc1cc(CNc2cccc(Oc3ccccc3)c2)cs1. The minimum atomic E-state index is 0.802. The lowest BCUT2D eigenvalue weighted by molar-refractivity contribution is 0.483. The van der Waals surface area contributed by atoms with Gasteiger partial charge in [0, 0.05) is 18.3 Å². The largest absolute Gasteiger partial charge is 0.457 e. The van der Waals surface area contributed by atoms with Crippen LogP contribution in [0.5, 0.6) is 11.5 Å². The van der Waals surface area contributed by atoms with Gasteiger partial charge in [-0.25, -0.2) is 0 Å². The molecule has 0 aliphatic heterocycles. The lowest BCUT2D eigenvalue weighted by atomic mass is 10.2. The predicted molar refractivity (Wildman–Crippen MR) is 92.3 cm³/mol. The van der Waals surface area contributed by atoms with Crippen LogP contribution in [0.3, 0.4) is 0 Å². The molecule has 1 N–H and O–H groups in total. The summed E-state index contributed by atoms with van der Waals surface area (Å²) in [4.78, 5) is 0. The standard InChI is InChI=1S/C17H14BrNOS/c18-17-9-13(12-21-17)11-19-14-5-4-8-16(10-14)20-15-6-2-1-3-7-15/h1-10,12,19H,11H2. The summed E-state index contributed by atoms with van der Waals surface area (Å²) in [5, 5.41) is 5.55. The second-order valence-electron chi connectivity index (χ2n) is 4.56. The zero-order valence-electron chi connectivity index (χ0n) is 11.3. The van der Waals surface area contributed by atoms with Crippen molar-refractivity contribution >= 4 is 33.0 Å². The zero-order chi connectivity index (χ0) is 14.5. The maximum Gasteiger partial charge on any atom is 0.129 e. The van der Waals surface area contributed by atoms with Gasteiger partial charge in [0.2, 0.25) is 0 Å². The molecule has 3 aromatic rings. The first-order chi connectivity index (χ1) is 10.3. The molecule has 0 radical (unpaired) electrons. The van der Waals surface area contributed by atoms with Gasteiger partial charge in [-0.3, -0.25) is 0 Å². The average Bonchev–Trinajstić information content (AvgIpc) is 2.92. The fourth-order valence-electron chi connectivity index (χ4n) is 1.94. The second kappa shape index (κ2) is 6.78. The number of thiophene rings is 1. The van der Waals surface area contributed by atoms with E-state index in [0.717, 1.165) is 27.5 Å². The van der Waals surface area contributed by atoms with Crippen LogP contribution >= 0.6 is 27.3 Å². The van der Waals surface area contributed by atoms with Crippen LogP contribution in [0.2, 0.25) is 0 Å². The van der Waals surface area contributed by atoms with Gasteiger partial charge in [0.15, 0.2) is 0 Å². The van der Waals surface area contributed by atoms with Crippen LogP contribution in [0.1, 0.15) is 5.56 Å². The molecule has 4 heteroatoms. The normalized spacial score (nSPS) is 10.3. The molecule has 0 fully saturated rings. The molecule has 1 aromatic heterocycles. The molecular weight excluding hydrogens is 346 g/mol. The van der Waals surface area contributed by atoms with Crippen molar-refractivity contribution in [1.82, 2.24) is 0 Å². The van der Waals surface area contributed by atoms with E-state index in [0.29, 0.717) is 0 Å². The Balaban J connectivity index is 1.65. The van der Waals surface area contributed by atoms with E-state index in [9.17, 15) is 0 Å². The quantitative estimate of drug-likeness (QED) is 0.610. The topological polar surface area (TPSA) is 21.3 Å². The molecular formula is C17H14BrNOS. The van der Waals surface area contributed by atoms with E-state index in [4.69, 9.17) is 4.74 Å². The van der Waals surface area contributed by atoms with Crippen LogP contribution in [-0.4, -0.2) is 0 Å². The third kappa shape index (κ3) is 4.09. The molecule has 0 aliphatic rings. The van der Waals surface area contributed by atoms with Crippen LogP contribution < -0.4 is 10.1 Å². The Bertz CT molecular complexity index is 712. The molecule has 0 atom stereocenters. The maximum atomic E-state index is 5.83. The van der Waals surface area contributed by atoms with Gasteiger partial charge in [0.1, 0.15) is 11.5 Å². The van der Waals surface area contributed by atoms with Crippen LogP contribution in [0.15, 0.2) is 69.8 Å². The summed E-state index contributed by atoms with van der Waals surface area (Å²) >= 11 is 5.17. The number of ether oxygens (including phenoxy) is 1. The van der Waals surface area contributed by atoms with Gasteiger partial charge in [-0.05, 0) is 57.2 Å². The molecule has 106 valence electrons. The number of halogens is 1. The smallest absolute Gasteiger partial charge is 0.129 e. The summed E-state index contributed by atoms with van der Waals surface area (Å²) in [5.74, 6) is 1.68. The highest BCUT2D eigenvalue weighted by Crippen LogP contribution is 2.25. The van der Waals surface area contributed by atoms with E-state index in [-0.39, 0.29) is 0 Å². The van der Waals surface area contributed by atoms with E-state index in [1.165, 1.54) is 5.56 Å². The molecule has 0 saturated heterocycles. The van der Waals surface area contributed by atoms with Gasteiger partial charge >= 0.3 is 0 Å². The first-order valence-electron chi connectivity index (χ1n) is 6.59. The highest BCUT2D eigenvalue weighted by Gasteiger charge is 2.00. The van der Waals surface area contributed by atoms with Gasteiger partial charge < -0.3 is 10.1 Å². The molecule has 1 heterocycles. The molecule has 21 heavy (non-hydrogen) atoms. The van der Waals surface area contributed by atoms with Crippen LogP contribution in [0, 0.1) is 0 Å². The summed E-state index contributed by atoms with van der Waals surface area (Å²) in [6, 6.07) is 19.9. The third-order valence-electron chi connectivity index (χ3n) is 2.93. The molecule has 0 saturated carbocycles. The highest BCUT2D eigenvalue weighted by atomic mass is 79.9. The minimum Gasteiger partial charge on any atom is -0.457 e. The fourth-order valence-corrected chi connectivity index (χ4v) is 3.15. The second-order valence-corrected chi connectivity index (χ2v) is 6.85. The predicted octanol–water partition coefficient (Wildman–Crippen LogP) is 5.92. The highest BCUT2D eigenvalue weighted by molar-refractivity contribution is 9.11. The molecule has 0 spiro atoms. The first-order valence-corrected chi connectivity index (χ1v) is 8.26. The van der Waals surface area contributed by atoms with Crippen LogP contribution in [0.25, 0.3) is 0 Å². The number of nitrogens with one attached hydrogen (secondary N) is 1. The molecule has 0 unspecified atom stereocenters. The van der Waals surface area contributed by atoms with Gasteiger partial charge in [0.25, 0.3) is 0 Å². The summed E-state index contributed by atoms with van der Waals surface area (Å²) in [7, 11) is 0. The van der Waals surface area contributed by atoms with Gasteiger partial charge in [-0.2, -0.15) is 0 Å². The Morgan fingerprint density at radius 3 is 2.52 bits per heavy atom. The zero-order valence-corrected chi connectivity index (χ0v) is 13.7. The lowest BCUT2D eigenvalue weighted by Crippen LogP contribution is -1.98. The summed E-state index contributed by atoms with van der Waals surface area (Å²) in [6.07, 6.45) is 0. The Kier molecular flexibility index (Phi) is 4.58. The molecule has 2 aromatic carbocycles. The Hall–Kier alpha value is -1.78. The fraction of sp³-hybridized carbons (Fsp3) is 0.0588. The summed E-state index contributed by atoms with van der Waals surface area (Å²) < 4.78 is 6.98. The molecule has 3 rings (SSSR count). The summed E-state index contributed by atoms with van der Waals surface area (Å²) in [5.41, 5.74) is 2.31. The van der Waals surface area contributed by atoms with Crippen molar-refractivity contribution in [3.05, 3.63) is 75.4 Å². The average molecular weight is 360 g/mol. The van der Waals surface area contributed by atoms with Gasteiger partial charge in [-0.1, -0.05) is 24.3 Å². The maximum absolute atomic E-state index is 5.83. The van der Waals surface area contributed by atoms with Crippen molar-refractivity contribution in [2.75, 3.05) is 5.32 Å². The first kappa shape index (κ1) is 14.2. The Labute approximate surface area is 136 Å². The number of hydrogen-bond donors (Lipinski definition) is 1. The third-order valence-corrected chi connectivity index (χ3v) is 4.48. The van der Waals surface area contributed by atoms with Crippen molar-refractivity contribution in [2.24, 2.45) is 0 Å². The van der Waals surface area contributed by atoms with Crippen molar-refractivity contribution in [2.45, 2.75) is 6.54 Å². The van der Waals surface area contributed by atoms with E-state index in [1.54, 1.807) is 11.3 Å². The molecule has 0 amide bonds. The number of benzene rings is 2. The van der Waals surface area contributed by atoms with Crippen molar-refractivity contribution in [3.8, 4) is 11.5 Å². The molecule has 2 nitrogen and oxygen atoms in total. The molecule has 0 bridgehead atoms. The molecule has 0 aliphatic carbocycles. The van der Waals surface area contributed by atoms with Crippen LogP contribution in [0.4, 0.5) is 5.69 Å². The minimum absolute atomic E-state index is 0.802. The van der Waals surface area contributed by atoms with Crippen molar-refractivity contribution in [3.63, 3.8) is 0 Å². The van der Waals surface area contributed by atoms with Gasteiger partial charge in [-0.15, -0.1) is 11.3 Å². The number of rotatable bonds is 5. The lowest BCUT2D eigenvalue weighted by Gasteiger charge is -2.09. The number of anilines is 1. The van der Waals surface area contributed by atoms with E-state index in [2.05, 4.69) is 32.7 Å². The number of hydrogen-bond acceptors (Lipinski definition) is 3. The monoisotopic (exact) mass is 359 g/mol. The van der Waals surface area contributed by atoms with E-state index in [1.807, 2.05) is 54.6 Å². The Morgan fingerprint density at radius 2 is 1.76 bits per heavy atom. The summed E-state index contributed by atoms with van der Waals surface area (Å²) in [6.45, 7) is 0.802. The van der Waals surface area contributed by atoms with E-state index < -0.39 is 0 Å². The van der Waals surface area contributed by atoms with Crippen LogP contribution in [-0.2, 0) is 6.54 Å². The van der Waals surface area contributed by atoms with Crippen molar-refractivity contribution < 1.29 is 4.74 Å².